The van der Waals surface area contributed by atoms with E-state index in [0.717, 1.165) is 50.9 Å². The second-order valence-corrected chi connectivity index (χ2v) is 6.31. The van der Waals surface area contributed by atoms with Crippen LogP contribution < -0.4 is 10.6 Å². The van der Waals surface area contributed by atoms with Gasteiger partial charge < -0.3 is 10.6 Å². The zero-order valence-corrected chi connectivity index (χ0v) is 15.3. The standard InChI is InChI=1S/C17H24FN3O.2ClH/c18-14-7-5-13(6-8-14)12-21-10-2-4-16(21)17(22)20-15-3-1-9-19-11-15;;/h5-8,15-16,19H,1-4,9-12H2,(H,20,22);2*1H/t15-,16?;;/m0../s1. The molecule has 7 heteroatoms. The zero-order valence-electron chi connectivity index (χ0n) is 13.7. The molecule has 1 amide bonds. The van der Waals surface area contributed by atoms with Gasteiger partial charge in [-0.15, -0.1) is 24.8 Å². The highest BCUT2D eigenvalue weighted by molar-refractivity contribution is 5.85. The summed E-state index contributed by atoms with van der Waals surface area (Å²) in [7, 11) is 0. The van der Waals surface area contributed by atoms with Crippen LogP contribution in [0.3, 0.4) is 0 Å². The van der Waals surface area contributed by atoms with E-state index in [1.165, 1.54) is 12.1 Å². The van der Waals surface area contributed by atoms with Crippen molar-refractivity contribution in [1.29, 1.82) is 0 Å². The van der Waals surface area contributed by atoms with Gasteiger partial charge in [0.25, 0.3) is 0 Å². The van der Waals surface area contributed by atoms with Crippen molar-refractivity contribution < 1.29 is 9.18 Å². The van der Waals surface area contributed by atoms with Gasteiger partial charge in [0.05, 0.1) is 6.04 Å². The van der Waals surface area contributed by atoms with Crippen LogP contribution in [-0.2, 0) is 11.3 Å². The number of amides is 1. The van der Waals surface area contributed by atoms with E-state index >= 15 is 0 Å². The number of rotatable bonds is 4. The van der Waals surface area contributed by atoms with E-state index in [-0.39, 0.29) is 48.6 Å². The SMILES string of the molecule is Cl.Cl.O=C(N[C@H]1CCCNC1)C1CCCN1Cc1ccc(F)cc1. The fraction of sp³-hybridized carbons (Fsp3) is 0.588. The third-order valence-corrected chi connectivity index (χ3v) is 4.61. The smallest absolute Gasteiger partial charge is 0.237 e. The Hall–Kier alpha value is -0.880. The third-order valence-electron chi connectivity index (χ3n) is 4.61. The largest absolute Gasteiger partial charge is 0.351 e. The van der Waals surface area contributed by atoms with Crippen LogP contribution in [0.2, 0.25) is 0 Å². The molecule has 2 atom stereocenters. The molecule has 24 heavy (non-hydrogen) atoms. The highest BCUT2D eigenvalue weighted by Gasteiger charge is 2.31. The molecule has 2 heterocycles. The van der Waals surface area contributed by atoms with Crippen LogP contribution in [0.5, 0.6) is 0 Å². The molecule has 0 saturated carbocycles. The Morgan fingerprint density at radius 1 is 1.21 bits per heavy atom. The number of likely N-dealkylation sites (tertiary alicyclic amines) is 1. The predicted molar refractivity (Wildman–Crippen MR) is 98.4 cm³/mol. The summed E-state index contributed by atoms with van der Waals surface area (Å²) >= 11 is 0. The number of hydrogen-bond acceptors (Lipinski definition) is 3. The second kappa shape index (κ2) is 10.2. The quantitative estimate of drug-likeness (QED) is 0.846. The summed E-state index contributed by atoms with van der Waals surface area (Å²) in [5.74, 6) is -0.0717. The lowest BCUT2D eigenvalue weighted by Gasteiger charge is -2.28. The van der Waals surface area contributed by atoms with Crippen molar-refractivity contribution >= 4 is 30.7 Å². The number of nitrogens with one attached hydrogen (secondary N) is 2. The fourth-order valence-electron chi connectivity index (χ4n) is 3.41. The summed E-state index contributed by atoms with van der Waals surface area (Å²) in [6.45, 7) is 3.56. The average molecular weight is 378 g/mol. The van der Waals surface area contributed by atoms with Gasteiger partial charge in [-0.05, 0) is 56.5 Å². The Balaban J connectivity index is 0.00000144. The fourth-order valence-corrected chi connectivity index (χ4v) is 3.41. The van der Waals surface area contributed by atoms with E-state index in [1.807, 2.05) is 0 Å². The van der Waals surface area contributed by atoms with Crippen molar-refractivity contribution in [3.63, 3.8) is 0 Å². The number of benzene rings is 1. The third kappa shape index (κ3) is 5.59. The van der Waals surface area contributed by atoms with Crippen molar-refractivity contribution in [2.45, 2.75) is 44.3 Å². The van der Waals surface area contributed by atoms with E-state index in [4.69, 9.17) is 0 Å². The van der Waals surface area contributed by atoms with Gasteiger partial charge in [-0.2, -0.15) is 0 Å². The zero-order chi connectivity index (χ0) is 15.4. The maximum absolute atomic E-state index is 13.0. The maximum atomic E-state index is 13.0. The first kappa shape index (κ1) is 21.2. The van der Waals surface area contributed by atoms with Crippen molar-refractivity contribution in [2.24, 2.45) is 0 Å². The van der Waals surface area contributed by atoms with Gasteiger partial charge in [0.2, 0.25) is 5.91 Å². The van der Waals surface area contributed by atoms with Gasteiger partial charge in [-0.3, -0.25) is 9.69 Å². The Bertz CT molecular complexity index is 509. The van der Waals surface area contributed by atoms with E-state index in [9.17, 15) is 9.18 Å². The molecule has 2 saturated heterocycles. The Morgan fingerprint density at radius 2 is 1.96 bits per heavy atom. The lowest BCUT2D eigenvalue weighted by atomic mass is 10.1. The minimum atomic E-state index is -0.218. The molecule has 0 spiro atoms. The van der Waals surface area contributed by atoms with Crippen LogP contribution in [0.1, 0.15) is 31.2 Å². The van der Waals surface area contributed by atoms with E-state index in [1.54, 1.807) is 12.1 Å². The monoisotopic (exact) mass is 377 g/mol. The van der Waals surface area contributed by atoms with Gasteiger partial charge in [-0.1, -0.05) is 12.1 Å². The van der Waals surface area contributed by atoms with Crippen LogP contribution >= 0.6 is 24.8 Å². The minimum Gasteiger partial charge on any atom is -0.351 e. The van der Waals surface area contributed by atoms with Crippen LogP contribution in [0, 0.1) is 5.82 Å². The lowest BCUT2D eigenvalue weighted by molar-refractivity contribution is -0.126. The Labute approximate surface area is 155 Å². The normalized spacial score (nSPS) is 23.9. The number of halogens is 3. The molecule has 4 nitrogen and oxygen atoms in total. The van der Waals surface area contributed by atoms with Crippen LogP contribution in [-0.4, -0.2) is 42.5 Å². The predicted octanol–water partition coefficient (Wildman–Crippen LogP) is 2.50. The average Bonchev–Trinajstić information content (AvgIpc) is 2.99. The molecule has 0 radical (unpaired) electrons. The topological polar surface area (TPSA) is 44.4 Å². The molecule has 0 bridgehead atoms. The molecular formula is C17H26Cl2FN3O. The number of piperidine rings is 1. The molecule has 2 fully saturated rings. The molecule has 3 rings (SSSR count). The molecule has 2 N–H and O–H groups in total. The van der Waals surface area contributed by atoms with Gasteiger partial charge in [0.1, 0.15) is 5.82 Å². The van der Waals surface area contributed by atoms with Gasteiger partial charge in [0.15, 0.2) is 0 Å². The molecule has 136 valence electrons. The first-order valence-corrected chi connectivity index (χ1v) is 8.22. The van der Waals surface area contributed by atoms with Crippen molar-refractivity contribution in [3.8, 4) is 0 Å². The molecule has 2 aliphatic rings. The minimum absolute atomic E-state index is 0. The number of carbonyl (C=O) groups excluding carboxylic acids is 1. The summed E-state index contributed by atoms with van der Waals surface area (Å²) < 4.78 is 13.0. The number of nitrogens with zero attached hydrogens (tertiary/aromatic N) is 1. The summed E-state index contributed by atoms with van der Waals surface area (Å²) in [6.07, 6.45) is 4.13. The highest BCUT2D eigenvalue weighted by Crippen LogP contribution is 2.21. The lowest BCUT2D eigenvalue weighted by Crippen LogP contribution is -2.51. The highest BCUT2D eigenvalue weighted by atomic mass is 35.5. The summed E-state index contributed by atoms with van der Waals surface area (Å²) in [5.41, 5.74) is 1.06. The molecule has 0 aliphatic carbocycles. The maximum Gasteiger partial charge on any atom is 0.237 e. The van der Waals surface area contributed by atoms with Crippen molar-refractivity contribution in [3.05, 3.63) is 35.6 Å². The number of hydrogen-bond donors (Lipinski definition) is 2. The molecule has 1 unspecified atom stereocenters. The van der Waals surface area contributed by atoms with Crippen LogP contribution in [0.15, 0.2) is 24.3 Å². The molecule has 0 aromatic heterocycles. The van der Waals surface area contributed by atoms with Crippen molar-refractivity contribution in [1.82, 2.24) is 15.5 Å². The van der Waals surface area contributed by atoms with Crippen LogP contribution in [0.4, 0.5) is 4.39 Å². The first-order chi connectivity index (χ1) is 10.7. The Kier molecular flexibility index (Phi) is 8.98. The summed E-state index contributed by atoms with van der Waals surface area (Å²) in [5, 5.41) is 6.51. The second-order valence-electron chi connectivity index (χ2n) is 6.31. The summed E-state index contributed by atoms with van der Waals surface area (Å²) in [4.78, 5) is 14.7. The van der Waals surface area contributed by atoms with Crippen LogP contribution in [0.25, 0.3) is 0 Å². The molecule has 1 aromatic rings. The summed E-state index contributed by atoms with van der Waals surface area (Å²) in [6, 6.07) is 6.77. The number of carbonyl (C=O) groups is 1. The molecule has 1 aromatic carbocycles. The molecule has 2 aliphatic heterocycles. The van der Waals surface area contributed by atoms with Crippen molar-refractivity contribution in [2.75, 3.05) is 19.6 Å². The van der Waals surface area contributed by atoms with E-state index in [0.29, 0.717) is 6.54 Å². The van der Waals surface area contributed by atoms with Gasteiger partial charge in [0, 0.05) is 19.1 Å². The molecular weight excluding hydrogens is 352 g/mol. The first-order valence-electron chi connectivity index (χ1n) is 8.22. The Morgan fingerprint density at radius 3 is 2.62 bits per heavy atom. The van der Waals surface area contributed by atoms with Gasteiger partial charge >= 0.3 is 0 Å². The van der Waals surface area contributed by atoms with Gasteiger partial charge in [-0.25, -0.2) is 4.39 Å². The van der Waals surface area contributed by atoms with E-state index < -0.39 is 0 Å². The van der Waals surface area contributed by atoms with E-state index in [2.05, 4.69) is 15.5 Å².